The molecule has 31 heavy (non-hydrogen) atoms. The van der Waals surface area contributed by atoms with Crippen LogP contribution < -0.4 is 16.6 Å². The third-order valence-electron chi connectivity index (χ3n) is 4.50. The van der Waals surface area contributed by atoms with E-state index in [9.17, 15) is 19.2 Å². The van der Waals surface area contributed by atoms with E-state index in [1.165, 1.54) is 19.2 Å². The summed E-state index contributed by atoms with van der Waals surface area (Å²) in [6.45, 7) is 2.77. The second kappa shape index (κ2) is 8.62. The van der Waals surface area contributed by atoms with E-state index in [4.69, 9.17) is 10.00 Å². The number of nitriles is 1. The van der Waals surface area contributed by atoms with Gasteiger partial charge in [-0.25, -0.2) is 14.6 Å². The van der Waals surface area contributed by atoms with E-state index in [1.807, 2.05) is 6.07 Å². The van der Waals surface area contributed by atoms with Crippen molar-refractivity contribution in [3.8, 4) is 6.07 Å². The molecule has 158 valence electrons. The van der Waals surface area contributed by atoms with E-state index in [2.05, 4.69) is 10.3 Å². The molecule has 2 aromatic heterocycles. The van der Waals surface area contributed by atoms with Crippen molar-refractivity contribution in [1.82, 2.24) is 14.1 Å². The lowest BCUT2D eigenvalue weighted by Gasteiger charge is -2.13. The van der Waals surface area contributed by atoms with Crippen LogP contribution in [0.15, 0.2) is 39.9 Å². The van der Waals surface area contributed by atoms with E-state index in [0.29, 0.717) is 16.9 Å². The Kier molecular flexibility index (Phi) is 5.97. The largest absolute Gasteiger partial charge is 0.462 e. The Bertz CT molecular complexity index is 1360. The van der Waals surface area contributed by atoms with Crippen molar-refractivity contribution < 1.29 is 14.3 Å². The fourth-order valence-electron chi connectivity index (χ4n) is 3.12. The van der Waals surface area contributed by atoms with Crippen molar-refractivity contribution in [2.45, 2.75) is 20.4 Å². The monoisotopic (exact) mass is 421 g/mol. The van der Waals surface area contributed by atoms with Crippen molar-refractivity contribution in [3.05, 3.63) is 68.0 Å². The average Bonchev–Trinajstić information content (AvgIpc) is 2.74. The molecule has 0 atom stereocenters. The molecule has 0 fully saturated rings. The summed E-state index contributed by atoms with van der Waals surface area (Å²) in [6, 6.07) is 9.57. The summed E-state index contributed by atoms with van der Waals surface area (Å²) in [5.74, 6) is -1.37. The SMILES string of the molecule is CCOC(=O)c1cc(C)nc2c1c(=O)n(CC(=O)Nc1cccc(C#N)c1)c(=O)n2C. The van der Waals surface area contributed by atoms with Gasteiger partial charge in [0.1, 0.15) is 12.2 Å². The molecule has 0 aliphatic heterocycles. The third kappa shape index (κ3) is 4.20. The van der Waals surface area contributed by atoms with Crippen molar-refractivity contribution in [2.75, 3.05) is 11.9 Å². The number of amides is 1. The Hall–Kier alpha value is -4.26. The standard InChI is InChI=1S/C21H19N5O5/c1-4-31-20(29)15-8-12(2)23-18-17(15)19(28)26(21(30)25(18)3)11-16(27)24-14-7-5-6-13(9-14)10-22/h5-9H,4,11H2,1-3H3,(H,24,27). The van der Waals surface area contributed by atoms with E-state index in [-0.39, 0.29) is 23.2 Å². The quantitative estimate of drug-likeness (QED) is 0.609. The van der Waals surface area contributed by atoms with Crippen molar-refractivity contribution in [3.63, 3.8) is 0 Å². The van der Waals surface area contributed by atoms with Gasteiger partial charge in [-0.15, -0.1) is 0 Å². The van der Waals surface area contributed by atoms with Crippen LogP contribution in [0, 0.1) is 18.3 Å². The summed E-state index contributed by atoms with van der Waals surface area (Å²) in [4.78, 5) is 55.0. The number of rotatable bonds is 5. The first-order chi connectivity index (χ1) is 14.8. The summed E-state index contributed by atoms with van der Waals surface area (Å²) >= 11 is 0. The molecule has 1 aromatic carbocycles. The van der Waals surface area contributed by atoms with Gasteiger partial charge in [0.2, 0.25) is 5.91 Å². The molecule has 0 spiro atoms. The summed E-state index contributed by atoms with van der Waals surface area (Å²) in [6.07, 6.45) is 0. The zero-order valence-electron chi connectivity index (χ0n) is 17.1. The fraction of sp³-hybridized carbons (Fsp3) is 0.238. The van der Waals surface area contributed by atoms with Gasteiger partial charge in [0, 0.05) is 18.4 Å². The van der Waals surface area contributed by atoms with Crippen LogP contribution in [0.4, 0.5) is 5.69 Å². The molecule has 1 amide bonds. The number of pyridine rings is 1. The third-order valence-corrected chi connectivity index (χ3v) is 4.50. The van der Waals surface area contributed by atoms with Gasteiger partial charge in [0.05, 0.1) is 29.2 Å². The van der Waals surface area contributed by atoms with Crippen LogP contribution in [-0.4, -0.2) is 32.6 Å². The minimum Gasteiger partial charge on any atom is -0.462 e. The highest BCUT2D eigenvalue weighted by Gasteiger charge is 2.22. The van der Waals surface area contributed by atoms with Gasteiger partial charge in [-0.05, 0) is 38.1 Å². The van der Waals surface area contributed by atoms with Gasteiger partial charge >= 0.3 is 11.7 Å². The van der Waals surface area contributed by atoms with E-state index in [0.717, 1.165) is 9.13 Å². The second-order valence-corrected chi connectivity index (χ2v) is 6.70. The number of ether oxygens (including phenoxy) is 1. The first-order valence-corrected chi connectivity index (χ1v) is 9.35. The maximum atomic E-state index is 13.1. The number of carbonyl (C=O) groups excluding carboxylic acids is 2. The van der Waals surface area contributed by atoms with Crippen molar-refractivity contribution >= 4 is 28.6 Å². The van der Waals surface area contributed by atoms with Gasteiger partial charge in [-0.1, -0.05) is 6.07 Å². The molecule has 0 saturated heterocycles. The highest BCUT2D eigenvalue weighted by atomic mass is 16.5. The normalized spacial score (nSPS) is 10.5. The molecule has 0 saturated carbocycles. The number of nitrogens with one attached hydrogen (secondary N) is 1. The minimum atomic E-state index is -0.824. The van der Waals surface area contributed by atoms with E-state index >= 15 is 0 Å². The number of nitrogens with zero attached hydrogens (tertiary/aromatic N) is 4. The molecule has 10 heteroatoms. The lowest BCUT2D eigenvalue weighted by atomic mass is 10.1. The molecule has 3 aromatic rings. The van der Waals surface area contributed by atoms with Crippen LogP contribution in [-0.2, 0) is 23.1 Å². The number of aryl methyl sites for hydroxylation is 2. The summed E-state index contributed by atoms with van der Waals surface area (Å²) in [5.41, 5.74) is -0.465. The highest BCUT2D eigenvalue weighted by Crippen LogP contribution is 2.15. The number of anilines is 1. The smallest absolute Gasteiger partial charge is 0.339 e. The molecule has 3 rings (SSSR count). The van der Waals surface area contributed by atoms with Gasteiger partial charge in [-0.2, -0.15) is 5.26 Å². The molecular formula is C21H19N5O5. The van der Waals surface area contributed by atoms with Crippen molar-refractivity contribution in [2.24, 2.45) is 7.05 Å². The molecular weight excluding hydrogens is 402 g/mol. The fourth-order valence-corrected chi connectivity index (χ4v) is 3.12. The Morgan fingerprint density at radius 2 is 2.00 bits per heavy atom. The number of hydrogen-bond acceptors (Lipinski definition) is 7. The summed E-state index contributed by atoms with van der Waals surface area (Å²) in [7, 11) is 1.40. The van der Waals surface area contributed by atoms with Crippen LogP contribution in [0.2, 0.25) is 0 Å². The highest BCUT2D eigenvalue weighted by molar-refractivity contribution is 6.02. The summed E-state index contributed by atoms with van der Waals surface area (Å²) < 4.78 is 6.86. The lowest BCUT2D eigenvalue weighted by molar-refractivity contribution is -0.116. The zero-order valence-corrected chi connectivity index (χ0v) is 17.1. The molecule has 0 aliphatic carbocycles. The topological polar surface area (TPSA) is 136 Å². The second-order valence-electron chi connectivity index (χ2n) is 6.70. The Labute approximate surface area is 176 Å². The maximum Gasteiger partial charge on any atom is 0.339 e. The molecule has 0 unspecified atom stereocenters. The molecule has 0 radical (unpaired) electrons. The van der Waals surface area contributed by atoms with Crippen LogP contribution in [0.5, 0.6) is 0 Å². The number of esters is 1. The van der Waals surface area contributed by atoms with Crippen LogP contribution in [0.1, 0.15) is 28.5 Å². The number of carbonyl (C=O) groups is 2. The number of fused-ring (bicyclic) bond motifs is 1. The van der Waals surface area contributed by atoms with Crippen LogP contribution >= 0.6 is 0 Å². The molecule has 2 heterocycles. The van der Waals surface area contributed by atoms with Gasteiger partial charge in [0.15, 0.2) is 0 Å². The zero-order chi connectivity index (χ0) is 22.7. The average molecular weight is 421 g/mol. The predicted octanol–water partition coefficient (Wildman–Crippen LogP) is 1.09. The number of benzene rings is 1. The lowest BCUT2D eigenvalue weighted by Crippen LogP contribution is -2.42. The van der Waals surface area contributed by atoms with Crippen LogP contribution in [0.25, 0.3) is 11.0 Å². The first kappa shape index (κ1) is 21.4. The first-order valence-electron chi connectivity index (χ1n) is 9.35. The molecule has 1 N–H and O–H groups in total. The predicted molar refractivity (Wildman–Crippen MR) is 112 cm³/mol. The van der Waals surface area contributed by atoms with E-state index < -0.39 is 29.7 Å². The maximum absolute atomic E-state index is 13.1. The molecule has 10 nitrogen and oxygen atoms in total. The number of aromatic nitrogens is 3. The van der Waals surface area contributed by atoms with Crippen LogP contribution in [0.3, 0.4) is 0 Å². The Balaban J connectivity index is 2.09. The van der Waals surface area contributed by atoms with Gasteiger partial charge < -0.3 is 10.1 Å². The summed E-state index contributed by atoms with van der Waals surface area (Å²) in [5, 5.41) is 11.4. The number of hydrogen-bond donors (Lipinski definition) is 1. The van der Waals surface area contributed by atoms with E-state index in [1.54, 1.807) is 32.0 Å². The van der Waals surface area contributed by atoms with Gasteiger partial charge in [0.25, 0.3) is 5.56 Å². The van der Waals surface area contributed by atoms with Crippen molar-refractivity contribution in [1.29, 1.82) is 5.26 Å². The Morgan fingerprint density at radius 3 is 2.68 bits per heavy atom. The van der Waals surface area contributed by atoms with Gasteiger partial charge in [-0.3, -0.25) is 18.7 Å². The minimum absolute atomic E-state index is 0.0245. The molecule has 0 aliphatic rings. The molecule has 0 bridgehead atoms. The Morgan fingerprint density at radius 1 is 1.26 bits per heavy atom.